The predicted molar refractivity (Wildman–Crippen MR) is 111 cm³/mol. The molecular formula is C23H22N2O4. The van der Waals surface area contributed by atoms with Gasteiger partial charge < -0.3 is 20.5 Å². The number of benzene rings is 3. The lowest BCUT2D eigenvalue weighted by Crippen LogP contribution is -2.20. The van der Waals surface area contributed by atoms with E-state index in [0.29, 0.717) is 23.5 Å². The Morgan fingerprint density at radius 1 is 0.931 bits per heavy atom. The maximum atomic E-state index is 12.8. The standard InChI is InChI=1S/C23H22N2O4/c1-28-21-14-18(11-12-20(21)29-15-22(24)26)23(27)25-19-10-6-5-9-17(19)13-16-7-3-2-4-8-16/h2-12,14H,13,15H2,1H3,(H2,24,26)(H,25,27). The third kappa shape index (κ3) is 5.35. The van der Waals surface area contributed by atoms with Crippen LogP contribution in [-0.4, -0.2) is 25.5 Å². The van der Waals surface area contributed by atoms with Crippen LogP contribution in [0.4, 0.5) is 5.69 Å². The van der Waals surface area contributed by atoms with Gasteiger partial charge in [0.15, 0.2) is 18.1 Å². The highest BCUT2D eigenvalue weighted by molar-refractivity contribution is 6.05. The van der Waals surface area contributed by atoms with Crippen LogP contribution < -0.4 is 20.5 Å². The van der Waals surface area contributed by atoms with E-state index in [4.69, 9.17) is 15.2 Å². The molecule has 0 radical (unpaired) electrons. The van der Waals surface area contributed by atoms with Gasteiger partial charge in [0, 0.05) is 11.3 Å². The largest absolute Gasteiger partial charge is 0.493 e. The van der Waals surface area contributed by atoms with Gasteiger partial charge in [0.25, 0.3) is 11.8 Å². The van der Waals surface area contributed by atoms with Gasteiger partial charge in [-0.15, -0.1) is 0 Å². The van der Waals surface area contributed by atoms with Crippen molar-refractivity contribution in [2.24, 2.45) is 5.73 Å². The second-order valence-electron chi connectivity index (χ2n) is 6.39. The van der Waals surface area contributed by atoms with Gasteiger partial charge in [-0.05, 0) is 41.8 Å². The first kappa shape index (κ1) is 19.9. The van der Waals surface area contributed by atoms with Crippen LogP contribution >= 0.6 is 0 Å². The summed E-state index contributed by atoms with van der Waals surface area (Å²) in [6.07, 6.45) is 0.709. The summed E-state index contributed by atoms with van der Waals surface area (Å²) in [6.45, 7) is -0.269. The molecule has 3 rings (SSSR count). The number of primary amides is 1. The zero-order valence-corrected chi connectivity index (χ0v) is 16.1. The fourth-order valence-corrected chi connectivity index (χ4v) is 2.88. The zero-order chi connectivity index (χ0) is 20.6. The van der Waals surface area contributed by atoms with E-state index in [1.165, 1.54) is 7.11 Å². The summed E-state index contributed by atoms with van der Waals surface area (Å²) in [4.78, 5) is 23.7. The lowest BCUT2D eigenvalue weighted by Gasteiger charge is -2.13. The fraction of sp³-hybridized carbons (Fsp3) is 0.130. The summed E-state index contributed by atoms with van der Waals surface area (Å²) >= 11 is 0. The maximum absolute atomic E-state index is 12.8. The second kappa shape index (κ2) is 9.41. The first-order valence-corrected chi connectivity index (χ1v) is 9.09. The van der Waals surface area contributed by atoms with Gasteiger partial charge >= 0.3 is 0 Å². The van der Waals surface area contributed by atoms with Crippen LogP contribution in [0.2, 0.25) is 0 Å². The highest BCUT2D eigenvalue weighted by Crippen LogP contribution is 2.29. The lowest BCUT2D eigenvalue weighted by atomic mass is 10.0. The van der Waals surface area contributed by atoms with E-state index in [9.17, 15) is 9.59 Å². The van der Waals surface area contributed by atoms with Crippen molar-refractivity contribution >= 4 is 17.5 Å². The highest BCUT2D eigenvalue weighted by Gasteiger charge is 2.13. The fourth-order valence-electron chi connectivity index (χ4n) is 2.88. The Balaban J connectivity index is 1.77. The van der Waals surface area contributed by atoms with Crippen LogP contribution in [0.1, 0.15) is 21.5 Å². The number of amides is 2. The maximum Gasteiger partial charge on any atom is 0.255 e. The van der Waals surface area contributed by atoms with Gasteiger partial charge in [-0.3, -0.25) is 9.59 Å². The van der Waals surface area contributed by atoms with E-state index in [1.54, 1.807) is 18.2 Å². The molecule has 0 aliphatic carbocycles. The quantitative estimate of drug-likeness (QED) is 0.617. The summed E-state index contributed by atoms with van der Waals surface area (Å²) in [5, 5.41) is 2.96. The molecule has 0 saturated carbocycles. The Kier molecular flexibility index (Phi) is 6.47. The molecule has 0 aromatic heterocycles. The van der Waals surface area contributed by atoms with Gasteiger partial charge in [0.2, 0.25) is 0 Å². The highest BCUT2D eigenvalue weighted by atomic mass is 16.5. The molecule has 3 aromatic carbocycles. The van der Waals surface area contributed by atoms with Crippen LogP contribution in [0.15, 0.2) is 72.8 Å². The number of carbonyl (C=O) groups is 2. The number of anilines is 1. The summed E-state index contributed by atoms with van der Waals surface area (Å²) < 4.78 is 10.6. The smallest absolute Gasteiger partial charge is 0.255 e. The minimum Gasteiger partial charge on any atom is -0.493 e. The minimum absolute atomic E-state index is 0.269. The SMILES string of the molecule is COc1cc(C(=O)Nc2ccccc2Cc2ccccc2)ccc1OCC(N)=O. The summed E-state index contributed by atoms with van der Waals surface area (Å²) in [5.74, 6) is -0.182. The molecule has 0 fully saturated rings. The molecule has 29 heavy (non-hydrogen) atoms. The molecule has 0 atom stereocenters. The molecule has 148 valence electrons. The number of hydrogen-bond acceptors (Lipinski definition) is 4. The number of para-hydroxylation sites is 1. The number of carbonyl (C=O) groups excluding carboxylic acids is 2. The first-order chi connectivity index (χ1) is 14.1. The van der Waals surface area contributed by atoms with Crippen LogP contribution in [0.25, 0.3) is 0 Å². The minimum atomic E-state index is -0.594. The van der Waals surface area contributed by atoms with Crippen LogP contribution in [0, 0.1) is 0 Å². The molecule has 3 aromatic rings. The van der Waals surface area contributed by atoms with Crippen LogP contribution in [0.3, 0.4) is 0 Å². The topological polar surface area (TPSA) is 90.7 Å². The van der Waals surface area contributed by atoms with E-state index in [-0.39, 0.29) is 12.5 Å². The van der Waals surface area contributed by atoms with Gasteiger partial charge in [0.05, 0.1) is 7.11 Å². The Morgan fingerprint density at radius 3 is 2.38 bits per heavy atom. The summed E-state index contributed by atoms with van der Waals surface area (Å²) in [6, 6.07) is 22.5. The molecule has 3 N–H and O–H groups in total. The average molecular weight is 390 g/mol. The number of hydrogen-bond donors (Lipinski definition) is 2. The van der Waals surface area contributed by atoms with E-state index < -0.39 is 5.91 Å². The number of nitrogens with one attached hydrogen (secondary N) is 1. The van der Waals surface area contributed by atoms with E-state index in [2.05, 4.69) is 5.32 Å². The van der Waals surface area contributed by atoms with Crippen LogP contribution in [-0.2, 0) is 11.2 Å². The zero-order valence-electron chi connectivity index (χ0n) is 16.1. The van der Waals surface area contributed by atoms with Crippen molar-refractivity contribution in [1.29, 1.82) is 0 Å². The van der Waals surface area contributed by atoms with Crippen molar-refractivity contribution in [2.45, 2.75) is 6.42 Å². The van der Waals surface area contributed by atoms with Gasteiger partial charge in [-0.1, -0.05) is 48.5 Å². The van der Waals surface area contributed by atoms with E-state index >= 15 is 0 Å². The number of rotatable bonds is 8. The molecular weight excluding hydrogens is 368 g/mol. The molecule has 6 nitrogen and oxygen atoms in total. The second-order valence-corrected chi connectivity index (χ2v) is 6.39. The Morgan fingerprint density at radius 2 is 1.66 bits per heavy atom. The number of ether oxygens (including phenoxy) is 2. The van der Waals surface area contributed by atoms with Gasteiger partial charge in [0.1, 0.15) is 0 Å². The number of methoxy groups -OCH3 is 1. The normalized spacial score (nSPS) is 10.2. The van der Waals surface area contributed by atoms with Crippen molar-refractivity contribution < 1.29 is 19.1 Å². The summed E-state index contributed by atoms with van der Waals surface area (Å²) in [5.41, 5.74) is 8.42. The third-order valence-electron chi connectivity index (χ3n) is 4.30. The first-order valence-electron chi connectivity index (χ1n) is 9.09. The van der Waals surface area contributed by atoms with E-state index in [1.807, 2.05) is 54.6 Å². The molecule has 0 bridgehead atoms. The molecule has 0 saturated heterocycles. The molecule has 0 aliphatic rings. The Hall–Kier alpha value is -3.80. The van der Waals surface area contributed by atoms with Crippen molar-refractivity contribution in [3.05, 3.63) is 89.5 Å². The molecule has 6 heteroatoms. The van der Waals surface area contributed by atoms with Crippen molar-refractivity contribution in [1.82, 2.24) is 0 Å². The van der Waals surface area contributed by atoms with Crippen molar-refractivity contribution in [3.63, 3.8) is 0 Å². The summed E-state index contributed by atoms with van der Waals surface area (Å²) in [7, 11) is 1.46. The molecule has 0 unspecified atom stereocenters. The molecule has 0 aliphatic heterocycles. The Bertz CT molecular complexity index is 1000. The number of nitrogens with two attached hydrogens (primary N) is 1. The molecule has 0 spiro atoms. The third-order valence-corrected chi connectivity index (χ3v) is 4.30. The monoisotopic (exact) mass is 390 g/mol. The lowest BCUT2D eigenvalue weighted by molar-refractivity contribution is -0.119. The van der Waals surface area contributed by atoms with Gasteiger partial charge in [-0.2, -0.15) is 0 Å². The van der Waals surface area contributed by atoms with E-state index in [0.717, 1.165) is 16.8 Å². The molecule has 2 amide bonds. The van der Waals surface area contributed by atoms with Crippen molar-refractivity contribution in [2.75, 3.05) is 19.0 Å². The average Bonchev–Trinajstić information content (AvgIpc) is 2.74. The Labute approximate surface area is 169 Å². The molecule has 0 heterocycles. The van der Waals surface area contributed by atoms with Crippen molar-refractivity contribution in [3.8, 4) is 11.5 Å². The predicted octanol–water partition coefficient (Wildman–Crippen LogP) is 3.40. The van der Waals surface area contributed by atoms with Crippen LogP contribution in [0.5, 0.6) is 11.5 Å². The van der Waals surface area contributed by atoms with Gasteiger partial charge in [-0.25, -0.2) is 0 Å².